The molecule has 0 radical (unpaired) electrons. The van der Waals surface area contributed by atoms with Crippen molar-refractivity contribution < 1.29 is 25.1 Å². The molecule has 0 saturated heterocycles. The van der Waals surface area contributed by atoms with Gasteiger partial charge in [0.1, 0.15) is 5.97 Å². The Hall–Kier alpha value is -3.12. The molecule has 0 aliphatic carbocycles. The van der Waals surface area contributed by atoms with Crippen molar-refractivity contribution in [3.05, 3.63) is 71.4 Å². The molecule has 0 spiro atoms. The Morgan fingerprint density at radius 2 is 1.78 bits per heavy atom. The molecule has 6 nitrogen and oxygen atoms in total. The summed E-state index contributed by atoms with van der Waals surface area (Å²) in [5.74, 6) is -2.57. The maximum atomic E-state index is 12.2. The van der Waals surface area contributed by atoms with Crippen LogP contribution in [0.1, 0.15) is 35.6 Å². The second kappa shape index (κ2) is 6.55. The lowest BCUT2D eigenvalue weighted by Crippen LogP contribution is -3.00. The highest BCUT2D eigenvalue weighted by Gasteiger charge is 2.47. The summed E-state index contributed by atoms with van der Waals surface area (Å²) >= 11 is 0. The number of nitrogens with two attached hydrogens (primary N) is 1. The molecule has 1 aromatic heterocycles. The first kappa shape index (κ1) is 17.3. The standard InChI is InChI=1S/C21H20N2O4/c24-17(25)10-11-21(20(26)27)19-18(14-8-4-5-9-16(14)23-19)15(12-22-21)13-6-2-1-3-7-13/h1-9,15,22-23H,10-12H2,(H,24,25)(H,26,27)/p-1/t15-,21-/m1/s1. The van der Waals surface area contributed by atoms with E-state index in [1.807, 2.05) is 54.6 Å². The summed E-state index contributed by atoms with van der Waals surface area (Å²) in [6, 6.07) is 17.6. The smallest absolute Gasteiger partial charge is 0.177 e. The van der Waals surface area contributed by atoms with Crippen molar-refractivity contribution in [2.24, 2.45) is 0 Å². The number of hydrogen-bond donors (Lipinski definition) is 2. The lowest BCUT2D eigenvalue weighted by atomic mass is 9.77. The molecule has 4 rings (SSSR count). The fraction of sp³-hybridized carbons (Fsp3) is 0.238. The van der Waals surface area contributed by atoms with Crippen molar-refractivity contribution in [2.75, 3.05) is 6.54 Å². The van der Waals surface area contributed by atoms with Crippen molar-refractivity contribution >= 4 is 22.8 Å². The number of carbonyl (C=O) groups excluding carboxylic acids is 2. The predicted octanol–water partition coefficient (Wildman–Crippen LogP) is -0.648. The van der Waals surface area contributed by atoms with Gasteiger partial charge in [-0.25, -0.2) is 0 Å². The van der Waals surface area contributed by atoms with Crippen LogP contribution >= 0.6 is 0 Å². The molecule has 2 heterocycles. The van der Waals surface area contributed by atoms with Gasteiger partial charge in [-0.2, -0.15) is 0 Å². The van der Waals surface area contributed by atoms with Crippen LogP contribution in [0.25, 0.3) is 10.9 Å². The molecule has 27 heavy (non-hydrogen) atoms. The Kier molecular flexibility index (Phi) is 4.20. The van der Waals surface area contributed by atoms with Gasteiger partial charge >= 0.3 is 0 Å². The van der Waals surface area contributed by atoms with Crippen molar-refractivity contribution in [1.29, 1.82) is 0 Å². The third-order valence-electron chi connectivity index (χ3n) is 5.53. The van der Waals surface area contributed by atoms with E-state index in [4.69, 9.17) is 0 Å². The number of para-hydroxylation sites is 1. The number of fused-ring (bicyclic) bond motifs is 3. The molecule has 3 aromatic rings. The van der Waals surface area contributed by atoms with E-state index in [0.29, 0.717) is 12.2 Å². The van der Waals surface area contributed by atoms with Gasteiger partial charge in [0.15, 0.2) is 5.54 Å². The number of aliphatic carboxylic acids is 2. The third kappa shape index (κ3) is 2.78. The number of H-pyrrole nitrogens is 1. The van der Waals surface area contributed by atoms with Crippen molar-refractivity contribution in [2.45, 2.75) is 24.3 Å². The molecule has 138 valence electrons. The molecule has 2 aromatic carbocycles. The van der Waals surface area contributed by atoms with E-state index < -0.39 is 17.5 Å². The largest absolute Gasteiger partial charge is 0.550 e. The fourth-order valence-corrected chi connectivity index (χ4v) is 4.22. The van der Waals surface area contributed by atoms with Crippen LogP contribution in [0.5, 0.6) is 0 Å². The van der Waals surface area contributed by atoms with Gasteiger partial charge in [0.05, 0.1) is 18.2 Å². The normalized spacial score (nSPS) is 21.7. The molecule has 0 amide bonds. The van der Waals surface area contributed by atoms with E-state index in [9.17, 15) is 19.8 Å². The molecule has 1 aliphatic rings. The minimum Gasteiger partial charge on any atom is -0.550 e. The van der Waals surface area contributed by atoms with Gasteiger partial charge in [-0.15, -0.1) is 0 Å². The maximum Gasteiger partial charge on any atom is 0.177 e. The Morgan fingerprint density at radius 3 is 2.48 bits per heavy atom. The number of benzene rings is 2. The van der Waals surface area contributed by atoms with Crippen LogP contribution in [0.3, 0.4) is 0 Å². The summed E-state index contributed by atoms with van der Waals surface area (Å²) in [5.41, 5.74) is 1.87. The van der Waals surface area contributed by atoms with Gasteiger partial charge in [0, 0.05) is 28.9 Å². The minimum atomic E-state index is -1.47. The first-order valence-corrected chi connectivity index (χ1v) is 8.94. The SMILES string of the molecule is O=C([O-])CC[C@@]1(C(=O)[O-])[NH2+]C[C@H](c2ccccc2)c2c1[nH]c1ccccc21. The zero-order valence-electron chi connectivity index (χ0n) is 14.6. The van der Waals surface area contributed by atoms with Crippen molar-refractivity contribution in [3.63, 3.8) is 0 Å². The van der Waals surface area contributed by atoms with E-state index in [-0.39, 0.29) is 18.8 Å². The van der Waals surface area contributed by atoms with E-state index in [0.717, 1.165) is 22.0 Å². The molecule has 3 N–H and O–H groups in total. The monoisotopic (exact) mass is 363 g/mol. The summed E-state index contributed by atoms with van der Waals surface area (Å²) in [6.07, 6.45) is -0.450. The first-order chi connectivity index (χ1) is 13.0. The number of rotatable bonds is 5. The van der Waals surface area contributed by atoms with Gasteiger partial charge in [-0.05, 0) is 18.1 Å². The Bertz CT molecular complexity index is 1010. The van der Waals surface area contributed by atoms with Gasteiger partial charge < -0.3 is 30.1 Å². The number of carbonyl (C=O) groups is 2. The first-order valence-electron chi connectivity index (χ1n) is 8.94. The Labute approximate surface area is 155 Å². The minimum absolute atomic E-state index is 0.00669. The number of quaternary nitrogens is 1. The highest BCUT2D eigenvalue weighted by molar-refractivity contribution is 5.90. The van der Waals surface area contributed by atoms with E-state index in [2.05, 4.69) is 4.98 Å². The molecule has 2 atom stereocenters. The number of carboxylic acid groups (broad SMARTS) is 2. The van der Waals surface area contributed by atoms with Gasteiger partial charge in [0.25, 0.3) is 0 Å². The summed E-state index contributed by atoms with van der Waals surface area (Å²) in [5, 5.41) is 25.9. The average molecular weight is 363 g/mol. The van der Waals surface area contributed by atoms with Crippen molar-refractivity contribution in [3.8, 4) is 0 Å². The number of aromatic amines is 1. The van der Waals surface area contributed by atoms with Crippen LogP contribution in [0, 0.1) is 0 Å². The highest BCUT2D eigenvalue weighted by atomic mass is 16.4. The summed E-state index contributed by atoms with van der Waals surface area (Å²) < 4.78 is 0. The Morgan fingerprint density at radius 1 is 1.07 bits per heavy atom. The van der Waals surface area contributed by atoms with Crippen LogP contribution in [-0.2, 0) is 15.1 Å². The average Bonchev–Trinajstić information content (AvgIpc) is 3.07. The molecule has 0 saturated carbocycles. The second-order valence-electron chi connectivity index (χ2n) is 6.99. The number of aromatic nitrogens is 1. The Balaban J connectivity index is 1.94. The summed E-state index contributed by atoms with van der Waals surface area (Å²) in [7, 11) is 0. The lowest BCUT2D eigenvalue weighted by Gasteiger charge is -2.39. The molecule has 6 heteroatoms. The summed E-state index contributed by atoms with van der Waals surface area (Å²) in [6.45, 7) is 0.486. The molecular weight excluding hydrogens is 344 g/mol. The fourth-order valence-electron chi connectivity index (χ4n) is 4.22. The second-order valence-corrected chi connectivity index (χ2v) is 6.99. The zero-order chi connectivity index (χ0) is 19.0. The van der Waals surface area contributed by atoms with Gasteiger partial charge in [-0.1, -0.05) is 48.5 Å². The van der Waals surface area contributed by atoms with E-state index >= 15 is 0 Å². The highest BCUT2D eigenvalue weighted by Crippen LogP contribution is 2.40. The van der Waals surface area contributed by atoms with Crippen LogP contribution in [-0.4, -0.2) is 23.5 Å². The van der Waals surface area contributed by atoms with E-state index in [1.165, 1.54) is 0 Å². The lowest BCUT2D eigenvalue weighted by molar-refractivity contribution is -0.734. The number of hydrogen-bond acceptors (Lipinski definition) is 4. The summed E-state index contributed by atoms with van der Waals surface area (Å²) in [4.78, 5) is 26.5. The van der Waals surface area contributed by atoms with Gasteiger partial charge in [-0.3, -0.25) is 0 Å². The molecule has 0 fully saturated rings. The van der Waals surface area contributed by atoms with Crippen LogP contribution < -0.4 is 15.5 Å². The maximum absolute atomic E-state index is 12.2. The zero-order valence-corrected chi connectivity index (χ0v) is 14.6. The molecular formula is C21H19N2O4-. The quantitative estimate of drug-likeness (QED) is 0.627. The van der Waals surface area contributed by atoms with Crippen LogP contribution in [0.15, 0.2) is 54.6 Å². The molecule has 0 unspecified atom stereocenters. The number of nitrogens with one attached hydrogen (secondary N) is 1. The van der Waals surface area contributed by atoms with Crippen LogP contribution in [0.2, 0.25) is 0 Å². The number of carboxylic acids is 2. The molecule has 0 bridgehead atoms. The molecule has 1 aliphatic heterocycles. The third-order valence-corrected chi connectivity index (χ3v) is 5.53. The van der Waals surface area contributed by atoms with Crippen molar-refractivity contribution in [1.82, 2.24) is 4.98 Å². The predicted molar refractivity (Wildman–Crippen MR) is 94.3 cm³/mol. The topological polar surface area (TPSA) is 113 Å². The van der Waals surface area contributed by atoms with Crippen LogP contribution in [0.4, 0.5) is 0 Å². The van der Waals surface area contributed by atoms with Gasteiger partial charge in [0.2, 0.25) is 0 Å². The van der Waals surface area contributed by atoms with E-state index in [1.54, 1.807) is 5.32 Å².